The van der Waals surface area contributed by atoms with Crippen molar-refractivity contribution in [3.05, 3.63) is 42.0 Å². The van der Waals surface area contributed by atoms with Crippen LogP contribution in [0, 0.1) is 0 Å². The zero-order valence-corrected chi connectivity index (χ0v) is 11.7. The molecule has 108 valence electrons. The second kappa shape index (κ2) is 4.74. The molecule has 2 bridgehead atoms. The summed E-state index contributed by atoms with van der Waals surface area (Å²) in [5.74, 6) is 0.156. The van der Waals surface area contributed by atoms with Crippen molar-refractivity contribution in [2.24, 2.45) is 0 Å². The molecule has 21 heavy (non-hydrogen) atoms. The molecule has 3 atom stereocenters. The van der Waals surface area contributed by atoms with E-state index < -0.39 is 0 Å². The van der Waals surface area contributed by atoms with Crippen molar-refractivity contribution in [2.75, 3.05) is 0 Å². The first-order chi connectivity index (χ1) is 10.2. The average Bonchev–Trinajstić information content (AvgIpc) is 3.10. The summed E-state index contributed by atoms with van der Waals surface area (Å²) in [5, 5.41) is 18.2. The van der Waals surface area contributed by atoms with Crippen molar-refractivity contribution >= 4 is 16.7 Å². The highest BCUT2D eigenvalue weighted by Gasteiger charge is 2.39. The van der Waals surface area contributed by atoms with E-state index in [9.17, 15) is 9.90 Å². The van der Waals surface area contributed by atoms with Crippen LogP contribution in [-0.2, 0) is 0 Å². The first-order valence-corrected chi connectivity index (χ1v) is 7.49. The summed E-state index contributed by atoms with van der Waals surface area (Å²) in [5.41, 5.74) is 0.603. The minimum Gasteiger partial charge on any atom is -0.507 e. The number of carbonyl (C=O) groups is 1. The summed E-state index contributed by atoms with van der Waals surface area (Å²) >= 11 is 0. The predicted octanol–water partition coefficient (Wildman–Crippen LogP) is 2.17. The predicted molar refractivity (Wildman–Crippen MR) is 81.4 cm³/mol. The maximum Gasteiger partial charge on any atom is 0.251 e. The molecule has 0 aromatic heterocycles. The van der Waals surface area contributed by atoms with Gasteiger partial charge < -0.3 is 15.7 Å². The van der Waals surface area contributed by atoms with Gasteiger partial charge in [0.15, 0.2) is 0 Å². The average molecular weight is 282 g/mol. The van der Waals surface area contributed by atoms with Crippen LogP contribution < -0.4 is 10.6 Å². The fourth-order valence-electron chi connectivity index (χ4n) is 3.63. The highest BCUT2D eigenvalue weighted by Crippen LogP contribution is 2.29. The van der Waals surface area contributed by atoms with Crippen molar-refractivity contribution in [1.82, 2.24) is 10.6 Å². The highest BCUT2D eigenvalue weighted by atomic mass is 16.3. The lowest BCUT2D eigenvalue weighted by atomic mass is 9.95. The molecule has 2 heterocycles. The van der Waals surface area contributed by atoms with Crippen LogP contribution in [0.25, 0.3) is 10.8 Å². The molecule has 2 aliphatic heterocycles. The molecule has 0 radical (unpaired) electrons. The standard InChI is InChI=1S/C17H18N2O2/c20-16-3-1-2-10-4-5-11(8-13(10)16)17(21)19-15-9-12-6-7-14(15)18-12/h1-5,8,12,14-15,18,20H,6-7,9H2,(H,19,21)/t12-,14+,15-/m1/s1. The summed E-state index contributed by atoms with van der Waals surface area (Å²) < 4.78 is 0. The molecule has 2 aromatic rings. The van der Waals surface area contributed by atoms with E-state index in [0.717, 1.165) is 23.6 Å². The van der Waals surface area contributed by atoms with Crippen LogP contribution in [0.5, 0.6) is 5.75 Å². The summed E-state index contributed by atoms with van der Waals surface area (Å²) in [7, 11) is 0. The molecule has 0 spiro atoms. The monoisotopic (exact) mass is 282 g/mol. The number of carbonyl (C=O) groups excluding carboxylic acids is 1. The Morgan fingerprint density at radius 1 is 1.24 bits per heavy atom. The summed E-state index contributed by atoms with van der Waals surface area (Å²) in [6, 6.07) is 12.1. The first-order valence-electron chi connectivity index (χ1n) is 7.49. The topological polar surface area (TPSA) is 61.4 Å². The van der Waals surface area contributed by atoms with Gasteiger partial charge in [-0.3, -0.25) is 4.79 Å². The Balaban J connectivity index is 1.58. The molecule has 2 aromatic carbocycles. The summed E-state index contributed by atoms with van der Waals surface area (Å²) in [4.78, 5) is 12.4. The van der Waals surface area contributed by atoms with Crippen molar-refractivity contribution < 1.29 is 9.90 Å². The molecular weight excluding hydrogens is 264 g/mol. The van der Waals surface area contributed by atoms with Gasteiger partial charge in [0.1, 0.15) is 5.75 Å². The van der Waals surface area contributed by atoms with Crippen molar-refractivity contribution in [2.45, 2.75) is 37.4 Å². The Kier molecular flexibility index (Phi) is 2.86. The van der Waals surface area contributed by atoms with Gasteiger partial charge in [0, 0.05) is 29.1 Å². The number of fused-ring (bicyclic) bond motifs is 3. The van der Waals surface area contributed by atoms with Crippen molar-refractivity contribution in [1.29, 1.82) is 0 Å². The van der Waals surface area contributed by atoms with E-state index in [4.69, 9.17) is 0 Å². The molecule has 3 N–H and O–H groups in total. The molecule has 2 aliphatic rings. The Bertz CT molecular complexity index is 713. The van der Waals surface area contributed by atoms with E-state index in [-0.39, 0.29) is 17.7 Å². The number of nitrogens with one attached hydrogen (secondary N) is 2. The van der Waals surface area contributed by atoms with Crippen LogP contribution in [0.4, 0.5) is 0 Å². The van der Waals surface area contributed by atoms with E-state index in [1.54, 1.807) is 18.2 Å². The van der Waals surface area contributed by atoms with E-state index in [0.29, 0.717) is 17.6 Å². The zero-order chi connectivity index (χ0) is 14.4. The van der Waals surface area contributed by atoms with Crippen LogP contribution in [0.3, 0.4) is 0 Å². The van der Waals surface area contributed by atoms with Gasteiger partial charge in [0.05, 0.1) is 0 Å². The van der Waals surface area contributed by atoms with Gasteiger partial charge in [0.2, 0.25) is 0 Å². The van der Waals surface area contributed by atoms with Gasteiger partial charge in [0.25, 0.3) is 5.91 Å². The van der Waals surface area contributed by atoms with Gasteiger partial charge in [-0.2, -0.15) is 0 Å². The molecule has 1 amide bonds. The van der Waals surface area contributed by atoms with Gasteiger partial charge in [-0.15, -0.1) is 0 Å². The number of phenolic OH excluding ortho intramolecular Hbond substituents is 1. The Hall–Kier alpha value is -2.07. The smallest absolute Gasteiger partial charge is 0.251 e. The maximum absolute atomic E-state index is 12.4. The Morgan fingerprint density at radius 3 is 2.90 bits per heavy atom. The Morgan fingerprint density at radius 2 is 2.14 bits per heavy atom. The SMILES string of the molecule is O=C(N[C@@H]1C[C@H]2CC[C@@H]1N2)c1ccc2cccc(O)c2c1. The number of aromatic hydroxyl groups is 1. The first kappa shape index (κ1) is 12.7. The molecule has 4 rings (SSSR count). The second-order valence-electron chi connectivity index (χ2n) is 6.08. The molecule has 2 fully saturated rings. The quantitative estimate of drug-likeness (QED) is 0.791. The molecule has 4 heteroatoms. The summed E-state index contributed by atoms with van der Waals surface area (Å²) in [6.07, 6.45) is 3.39. The molecular formula is C17H18N2O2. The number of phenols is 1. The fraction of sp³-hybridized carbons (Fsp3) is 0.353. The number of hydrogen-bond acceptors (Lipinski definition) is 3. The van der Waals surface area contributed by atoms with Crippen LogP contribution in [0.2, 0.25) is 0 Å². The lowest BCUT2D eigenvalue weighted by Crippen LogP contribution is -2.42. The molecule has 4 nitrogen and oxygen atoms in total. The highest BCUT2D eigenvalue weighted by molar-refractivity contribution is 6.00. The fourth-order valence-corrected chi connectivity index (χ4v) is 3.63. The lowest BCUT2D eigenvalue weighted by Gasteiger charge is -2.21. The van der Waals surface area contributed by atoms with Gasteiger partial charge in [-0.25, -0.2) is 0 Å². The Labute approximate surface area is 123 Å². The number of amides is 1. The largest absolute Gasteiger partial charge is 0.507 e. The second-order valence-corrected chi connectivity index (χ2v) is 6.08. The van der Waals surface area contributed by atoms with Crippen LogP contribution in [-0.4, -0.2) is 29.1 Å². The number of benzene rings is 2. The maximum atomic E-state index is 12.4. The molecule has 0 aliphatic carbocycles. The number of rotatable bonds is 2. The molecule has 0 saturated carbocycles. The third-order valence-corrected chi connectivity index (χ3v) is 4.74. The van der Waals surface area contributed by atoms with Crippen molar-refractivity contribution in [3.63, 3.8) is 0 Å². The lowest BCUT2D eigenvalue weighted by molar-refractivity contribution is 0.0931. The van der Waals surface area contributed by atoms with E-state index in [1.807, 2.05) is 18.2 Å². The molecule has 0 unspecified atom stereocenters. The van der Waals surface area contributed by atoms with E-state index >= 15 is 0 Å². The minimum absolute atomic E-state index is 0.0560. The van der Waals surface area contributed by atoms with Gasteiger partial charge >= 0.3 is 0 Å². The van der Waals surface area contributed by atoms with Crippen LogP contribution >= 0.6 is 0 Å². The third-order valence-electron chi connectivity index (χ3n) is 4.74. The third kappa shape index (κ3) is 2.16. The van der Waals surface area contributed by atoms with Crippen LogP contribution in [0.15, 0.2) is 36.4 Å². The van der Waals surface area contributed by atoms with Gasteiger partial charge in [-0.05, 0) is 42.8 Å². The normalized spacial score (nSPS) is 27.1. The van der Waals surface area contributed by atoms with Crippen LogP contribution in [0.1, 0.15) is 29.6 Å². The molecule has 2 saturated heterocycles. The minimum atomic E-state index is -0.0560. The number of hydrogen-bond donors (Lipinski definition) is 3. The summed E-state index contributed by atoms with van der Waals surface area (Å²) in [6.45, 7) is 0. The zero-order valence-electron chi connectivity index (χ0n) is 11.7. The van der Waals surface area contributed by atoms with Gasteiger partial charge in [-0.1, -0.05) is 18.2 Å². The van der Waals surface area contributed by atoms with Crippen molar-refractivity contribution in [3.8, 4) is 5.75 Å². The van der Waals surface area contributed by atoms with E-state index in [2.05, 4.69) is 10.6 Å². The van der Waals surface area contributed by atoms with E-state index in [1.165, 1.54) is 6.42 Å².